The van der Waals surface area contributed by atoms with Crippen molar-refractivity contribution >= 4 is 16.7 Å². The van der Waals surface area contributed by atoms with E-state index in [-0.39, 0.29) is 6.10 Å². The average Bonchev–Trinajstić information content (AvgIpc) is 3.25. The van der Waals surface area contributed by atoms with E-state index >= 15 is 0 Å². The Morgan fingerprint density at radius 2 is 1.85 bits per heavy atom. The summed E-state index contributed by atoms with van der Waals surface area (Å²) in [7, 11) is 3.25. The number of hydrogen-bond acceptors (Lipinski definition) is 6. The number of ether oxygens (including phenoxy) is 3. The van der Waals surface area contributed by atoms with Crippen LogP contribution < -0.4 is 14.8 Å². The van der Waals surface area contributed by atoms with Crippen LogP contribution in [-0.2, 0) is 4.74 Å². The average molecular weight is 365 g/mol. The molecule has 6 nitrogen and oxygen atoms in total. The second-order valence-corrected chi connectivity index (χ2v) is 6.50. The molecule has 27 heavy (non-hydrogen) atoms. The molecule has 0 spiro atoms. The summed E-state index contributed by atoms with van der Waals surface area (Å²) in [5, 5.41) is 4.35. The summed E-state index contributed by atoms with van der Waals surface area (Å²) in [6.07, 6.45) is 2.39. The molecule has 1 saturated heterocycles. The SMILES string of the molecule is COc1cc2nc(-c3ccccc3)nc(NCC3CCCO3)c2cc1OC. The summed E-state index contributed by atoms with van der Waals surface area (Å²) < 4.78 is 16.6. The number of nitrogens with zero attached hydrogens (tertiary/aromatic N) is 2. The summed E-state index contributed by atoms with van der Waals surface area (Å²) in [6.45, 7) is 1.55. The van der Waals surface area contributed by atoms with Gasteiger partial charge in [-0.3, -0.25) is 0 Å². The van der Waals surface area contributed by atoms with Gasteiger partial charge in [0.05, 0.1) is 25.8 Å². The minimum Gasteiger partial charge on any atom is -0.493 e. The molecule has 0 aliphatic carbocycles. The highest BCUT2D eigenvalue weighted by Crippen LogP contribution is 2.35. The maximum Gasteiger partial charge on any atom is 0.162 e. The van der Waals surface area contributed by atoms with Crippen molar-refractivity contribution in [1.82, 2.24) is 9.97 Å². The molecule has 4 rings (SSSR count). The lowest BCUT2D eigenvalue weighted by Gasteiger charge is -2.16. The summed E-state index contributed by atoms with van der Waals surface area (Å²) in [4.78, 5) is 9.54. The minimum atomic E-state index is 0.218. The molecule has 3 aromatic rings. The van der Waals surface area contributed by atoms with Gasteiger partial charge >= 0.3 is 0 Å². The van der Waals surface area contributed by atoms with Gasteiger partial charge in [-0.2, -0.15) is 0 Å². The molecule has 6 heteroatoms. The number of aromatic nitrogens is 2. The predicted molar refractivity (Wildman–Crippen MR) is 106 cm³/mol. The predicted octanol–water partition coefficient (Wildman–Crippen LogP) is 3.90. The third-order valence-corrected chi connectivity index (χ3v) is 4.75. The number of benzene rings is 2. The topological polar surface area (TPSA) is 65.5 Å². The van der Waals surface area contributed by atoms with Gasteiger partial charge in [-0.1, -0.05) is 30.3 Å². The van der Waals surface area contributed by atoms with E-state index in [1.54, 1.807) is 14.2 Å². The molecule has 1 aliphatic rings. The van der Waals surface area contributed by atoms with Crippen LogP contribution in [0.5, 0.6) is 11.5 Å². The first-order chi connectivity index (χ1) is 13.3. The fourth-order valence-corrected chi connectivity index (χ4v) is 3.32. The van der Waals surface area contributed by atoms with Crippen LogP contribution in [0.15, 0.2) is 42.5 Å². The number of hydrogen-bond donors (Lipinski definition) is 1. The molecule has 140 valence electrons. The molecule has 2 heterocycles. The molecule has 0 bridgehead atoms. The number of methoxy groups -OCH3 is 2. The third-order valence-electron chi connectivity index (χ3n) is 4.75. The molecular formula is C21H23N3O3. The second kappa shape index (κ2) is 7.80. The summed E-state index contributed by atoms with van der Waals surface area (Å²) in [6, 6.07) is 13.8. The van der Waals surface area contributed by atoms with E-state index in [0.717, 1.165) is 41.7 Å². The fraction of sp³-hybridized carbons (Fsp3) is 0.333. The van der Waals surface area contributed by atoms with Gasteiger partial charge in [0.25, 0.3) is 0 Å². The minimum absolute atomic E-state index is 0.218. The zero-order valence-electron chi connectivity index (χ0n) is 15.6. The van der Waals surface area contributed by atoms with Crippen LogP contribution in [0.1, 0.15) is 12.8 Å². The van der Waals surface area contributed by atoms with E-state index < -0.39 is 0 Å². The molecular weight excluding hydrogens is 342 g/mol. The van der Waals surface area contributed by atoms with E-state index in [4.69, 9.17) is 24.2 Å². The van der Waals surface area contributed by atoms with Gasteiger partial charge in [-0.15, -0.1) is 0 Å². The quantitative estimate of drug-likeness (QED) is 0.715. The van der Waals surface area contributed by atoms with Gasteiger partial charge in [-0.25, -0.2) is 9.97 Å². The lowest BCUT2D eigenvalue weighted by Crippen LogP contribution is -2.19. The van der Waals surface area contributed by atoms with Crippen LogP contribution in [0.25, 0.3) is 22.3 Å². The van der Waals surface area contributed by atoms with Crippen LogP contribution in [0.3, 0.4) is 0 Å². The Kier molecular flexibility index (Phi) is 5.07. The highest BCUT2D eigenvalue weighted by atomic mass is 16.5. The summed E-state index contributed by atoms with van der Waals surface area (Å²) in [5.41, 5.74) is 1.77. The van der Waals surface area contributed by atoms with Crippen molar-refractivity contribution in [2.75, 3.05) is 32.7 Å². The smallest absolute Gasteiger partial charge is 0.162 e. The lowest BCUT2D eigenvalue weighted by atomic mass is 10.1. The van der Waals surface area contributed by atoms with E-state index in [2.05, 4.69) is 5.32 Å². The molecule has 0 saturated carbocycles. The Bertz CT molecular complexity index is 925. The van der Waals surface area contributed by atoms with Crippen LogP contribution in [0.4, 0.5) is 5.82 Å². The van der Waals surface area contributed by atoms with Crippen molar-refractivity contribution in [3.8, 4) is 22.9 Å². The van der Waals surface area contributed by atoms with Crippen LogP contribution >= 0.6 is 0 Å². The first-order valence-electron chi connectivity index (χ1n) is 9.13. The van der Waals surface area contributed by atoms with Crippen molar-refractivity contribution in [2.45, 2.75) is 18.9 Å². The monoisotopic (exact) mass is 365 g/mol. The molecule has 1 aromatic heterocycles. The van der Waals surface area contributed by atoms with Gasteiger partial charge in [0, 0.05) is 30.2 Å². The highest BCUT2D eigenvalue weighted by Gasteiger charge is 2.18. The van der Waals surface area contributed by atoms with Gasteiger partial charge in [0.15, 0.2) is 17.3 Å². The standard InChI is InChI=1S/C21H23N3O3/c1-25-18-11-16-17(12-19(18)26-2)23-20(14-7-4-3-5-8-14)24-21(16)22-13-15-9-6-10-27-15/h3-5,7-8,11-12,15H,6,9-10,13H2,1-2H3,(H,22,23,24). The van der Waals surface area contributed by atoms with Crippen molar-refractivity contribution in [1.29, 1.82) is 0 Å². The Hall–Kier alpha value is -2.86. The van der Waals surface area contributed by atoms with E-state index in [0.29, 0.717) is 23.9 Å². The van der Waals surface area contributed by atoms with Crippen LogP contribution in [-0.4, -0.2) is 43.4 Å². The van der Waals surface area contributed by atoms with E-state index in [9.17, 15) is 0 Å². The summed E-state index contributed by atoms with van der Waals surface area (Å²) >= 11 is 0. The maximum absolute atomic E-state index is 5.73. The molecule has 2 aromatic carbocycles. The van der Waals surface area contributed by atoms with Crippen molar-refractivity contribution in [2.24, 2.45) is 0 Å². The molecule has 0 radical (unpaired) electrons. The van der Waals surface area contributed by atoms with Gasteiger partial charge in [0.1, 0.15) is 5.82 Å². The number of anilines is 1. The molecule has 1 fully saturated rings. The molecule has 1 atom stereocenters. The van der Waals surface area contributed by atoms with Crippen molar-refractivity contribution in [3.05, 3.63) is 42.5 Å². The van der Waals surface area contributed by atoms with Crippen molar-refractivity contribution < 1.29 is 14.2 Å². The molecule has 1 unspecified atom stereocenters. The number of nitrogens with one attached hydrogen (secondary N) is 1. The largest absolute Gasteiger partial charge is 0.493 e. The Morgan fingerprint density at radius 1 is 1.07 bits per heavy atom. The first kappa shape index (κ1) is 17.5. The molecule has 1 aliphatic heterocycles. The number of fused-ring (bicyclic) bond motifs is 1. The normalized spacial score (nSPS) is 16.4. The lowest BCUT2D eigenvalue weighted by molar-refractivity contribution is 0.120. The zero-order chi connectivity index (χ0) is 18.6. The Morgan fingerprint density at radius 3 is 2.56 bits per heavy atom. The van der Waals surface area contributed by atoms with Crippen LogP contribution in [0.2, 0.25) is 0 Å². The van der Waals surface area contributed by atoms with Crippen LogP contribution in [0, 0.1) is 0 Å². The number of rotatable bonds is 6. The second-order valence-electron chi connectivity index (χ2n) is 6.50. The van der Waals surface area contributed by atoms with E-state index in [1.165, 1.54) is 0 Å². The zero-order valence-corrected chi connectivity index (χ0v) is 15.6. The third kappa shape index (κ3) is 3.66. The van der Waals surface area contributed by atoms with E-state index in [1.807, 2.05) is 42.5 Å². The van der Waals surface area contributed by atoms with Crippen molar-refractivity contribution in [3.63, 3.8) is 0 Å². The Labute approximate surface area is 158 Å². The fourth-order valence-electron chi connectivity index (χ4n) is 3.32. The van der Waals surface area contributed by atoms with Gasteiger partial charge in [-0.05, 0) is 18.9 Å². The van der Waals surface area contributed by atoms with Gasteiger partial charge < -0.3 is 19.5 Å². The highest BCUT2D eigenvalue weighted by molar-refractivity contribution is 5.93. The Balaban J connectivity index is 1.80. The van der Waals surface area contributed by atoms with Gasteiger partial charge in [0.2, 0.25) is 0 Å². The summed E-state index contributed by atoms with van der Waals surface area (Å²) in [5.74, 6) is 2.74. The first-order valence-corrected chi connectivity index (χ1v) is 9.13. The molecule has 0 amide bonds. The molecule has 1 N–H and O–H groups in total. The maximum atomic E-state index is 5.73.